The van der Waals surface area contributed by atoms with Crippen LogP contribution < -0.4 is 5.32 Å². The van der Waals surface area contributed by atoms with Crippen LogP contribution in [0.2, 0.25) is 0 Å². The molecular weight excluding hydrogens is 350 g/mol. The van der Waals surface area contributed by atoms with Gasteiger partial charge in [0.15, 0.2) is 9.84 Å². The molecule has 0 bridgehead atoms. The van der Waals surface area contributed by atoms with Crippen molar-refractivity contribution in [3.05, 3.63) is 53.7 Å². The molecule has 6 nitrogen and oxygen atoms in total. The van der Waals surface area contributed by atoms with Crippen LogP contribution in [-0.2, 0) is 16.4 Å². The van der Waals surface area contributed by atoms with E-state index in [0.29, 0.717) is 24.3 Å². The summed E-state index contributed by atoms with van der Waals surface area (Å²) in [6.45, 7) is 1.19. The number of fused-ring (bicyclic) bond motifs is 3. The SMILES string of the molecule is CS(=O)(=O)c1ccc(-c2cc(C#N)cc3cc4n(c23)CCNC4=O)cc1. The quantitative estimate of drug-likeness (QED) is 0.754. The normalized spacial score (nSPS) is 13.9. The van der Waals surface area contributed by atoms with Crippen LogP contribution in [0.3, 0.4) is 0 Å². The van der Waals surface area contributed by atoms with Gasteiger partial charge in [0.2, 0.25) is 0 Å². The molecule has 0 radical (unpaired) electrons. The van der Waals surface area contributed by atoms with E-state index in [1.165, 1.54) is 6.26 Å². The summed E-state index contributed by atoms with van der Waals surface area (Å²) in [6.07, 6.45) is 1.17. The lowest BCUT2D eigenvalue weighted by molar-refractivity contribution is 0.0929. The monoisotopic (exact) mass is 365 g/mol. The number of carbonyl (C=O) groups excluding carboxylic acids is 1. The van der Waals surface area contributed by atoms with Gasteiger partial charge < -0.3 is 9.88 Å². The van der Waals surface area contributed by atoms with E-state index in [-0.39, 0.29) is 10.8 Å². The lowest BCUT2D eigenvalue weighted by Crippen LogP contribution is -2.34. The molecule has 26 heavy (non-hydrogen) atoms. The van der Waals surface area contributed by atoms with Crippen molar-refractivity contribution in [2.75, 3.05) is 12.8 Å². The molecule has 0 saturated heterocycles. The van der Waals surface area contributed by atoms with Crippen molar-refractivity contribution in [3.63, 3.8) is 0 Å². The average molecular weight is 365 g/mol. The average Bonchev–Trinajstić information content (AvgIpc) is 3.00. The molecule has 0 fully saturated rings. The van der Waals surface area contributed by atoms with Gasteiger partial charge in [-0.15, -0.1) is 0 Å². The fourth-order valence-electron chi connectivity index (χ4n) is 3.37. The highest BCUT2D eigenvalue weighted by molar-refractivity contribution is 7.90. The molecule has 1 amide bonds. The van der Waals surface area contributed by atoms with E-state index in [1.54, 1.807) is 42.5 Å². The van der Waals surface area contributed by atoms with E-state index >= 15 is 0 Å². The van der Waals surface area contributed by atoms with Crippen LogP contribution in [0.4, 0.5) is 0 Å². The first-order chi connectivity index (χ1) is 12.4. The van der Waals surface area contributed by atoms with Gasteiger partial charge in [0.05, 0.1) is 22.0 Å². The van der Waals surface area contributed by atoms with Gasteiger partial charge >= 0.3 is 0 Å². The zero-order valence-electron chi connectivity index (χ0n) is 14.0. The lowest BCUT2D eigenvalue weighted by Gasteiger charge is -2.18. The molecule has 1 aliphatic rings. The Morgan fingerprint density at radius 3 is 2.54 bits per heavy atom. The second kappa shape index (κ2) is 5.71. The molecule has 0 unspecified atom stereocenters. The molecule has 2 heterocycles. The highest BCUT2D eigenvalue weighted by atomic mass is 32.2. The standard InChI is InChI=1S/C19H15N3O3S/c1-26(24,25)15-4-2-13(3-5-15)16-9-12(11-20)8-14-10-17-19(23)21-6-7-22(17)18(14)16/h2-5,8-10H,6-7H2,1H3,(H,21,23). The number of nitrogens with zero attached hydrogens (tertiary/aromatic N) is 2. The molecule has 0 saturated carbocycles. The first-order valence-corrected chi connectivity index (χ1v) is 9.94. The Kier molecular flexibility index (Phi) is 3.60. The predicted molar refractivity (Wildman–Crippen MR) is 97.5 cm³/mol. The Morgan fingerprint density at radius 1 is 1.15 bits per heavy atom. The Balaban J connectivity index is 1.99. The van der Waals surface area contributed by atoms with E-state index in [1.807, 2.05) is 4.57 Å². The second-order valence-corrected chi connectivity index (χ2v) is 8.32. The highest BCUT2D eigenvalue weighted by Gasteiger charge is 2.22. The van der Waals surface area contributed by atoms with Gasteiger partial charge in [-0.05, 0) is 35.9 Å². The third kappa shape index (κ3) is 2.55. The fraction of sp³-hybridized carbons (Fsp3) is 0.158. The summed E-state index contributed by atoms with van der Waals surface area (Å²) in [6, 6.07) is 14.1. The van der Waals surface area contributed by atoms with Crippen LogP contribution in [0.1, 0.15) is 16.1 Å². The van der Waals surface area contributed by atoms with Gasteiger partial charge in [-0.1, -0.05) is 12.1 Å². The largest absolute Gasteiger partial charge is 0.349 e. The van der Waals surface area contributed by atoms with Crippen LogP contribution in [0.15, 0.2) is 47.4 Å². The zero-order chi connectivity index (χ0) is 18.5. The van der Waals surface area contributed by atoms with Gasteiger partial charge in [-0.2, -0.15) is 5.26 Å². The van der Waals surface area contributed by atoms with Gasteiger partial charge in [0.1, 0.15) is 5.69 Å². The maximum atomic E-state index is 12.1. The summed E-state index contributed by atoms with van der Waals surface area (Å²) in [5, 5.41) is 13.0. The minimum atomic E-state index is -3.28. The molecule has 7 heteroatoms. The summed E-state index contributed by atoms with van der Waals surface area (Å²) < 4.78 is 25.3. The topological polar surface area (TPSA) is 92.0 Å². The van der Waals surface area contributed by atoms with Crippen molar-refractivity contribution < 1.29 is 13.2 Å². The van der Waals surface area contributed by atoms with Gasteiger partial charge in [-0.25, -0.2) is 8.42 Å². The van der Waals surface area contributed by atoms with E-state index in [4.69, 9.17) is 0 Å². The highest BCUT2D eigenvalue weighted by Crippen LogP contribution is 2.33. The van der Waals surface area contributed by atoms with E-state index < -0.39 is 9.84 Å². The Labute approximate surface area is 150 Å². The number of sulfone groups is 1. The predicted octanol–water partition coefficient (Wildman–Crippen LogP) is 2.33. The van der Waals surface area contributed by atoms with Crippen molar-refractivity contribution in [2.45, 2.75) is 11.4 Å². The van der Waals surface area contributed by atoms with Crippen LogP contribution >= 0.6 is 0 Å². The number of carbonyl (C=O) groups is 1. The molecule has 2 aromatic carbocycles. The third-order valence-corrected chi connectivity index (χ3v) is 5.70. The second-order valence-electron chi connectivity index (χ2n) is 6.31. The van der Waals surface area contributed by atoms with Crippen molar-refractivity contribution in [1.29, 1.82) is 5.26 Å². The molecule has 0 atom stereocenters. The van der Waals surface area contributed by atoms with Crippen molar-refractivity contribution in [2.24, 2.45) is 0 Å². The van der Waals surface area contributed by atoms with Crippen LogP contribution in [0.25, 0.3) is 22.0 Å². The number of hydrogen-bond acceptors (Lipinski definition) is 4. The van der Waals surface area contributed by atoms with Gasteiger partial charge in [0, 0.05) is 30.3 Å². The fourth-order valence-corrected chi connectivity index (χ4v) is 4.00. The summed E-state index contributed by atoms with van der Waals surface area (Å²) in [4.78, 5) is 12.4. The van der Waals surface area contributed by atoms with E-state index in [0.717, 1.165) is 22.0 Å². The minimum Gasteiger partial charge on any atom is -0.349 e. The van der Waals surface area contributed by atoms with E-state index in [2.05, 4.69) is 11.4 Å². The molecule has 0 spiro atoms. The van der Waals surface area contributed by atoms with Gasteiger partial charge in [0.25, 0.3) is 5.91 Å². The first-order valence-electron chi connectivity index (χ1n) is 8.04. The molecule has 1 aromatic heterocycles. The Hall–Kier alpha value is -3.11. The number of amides is 1. The van der Waals surface area contributed by atoms with Crippen LogP contribution in [0, 0.1) is 11.3 Å². The summed E-state index contributed by atoms with van der Waals surface area (Å²) in [7, 11) is -3.28. The molecular formula is C19H15N3O3S. The maximum absolute atomic E-state index is 12.1. The molecule has 130 valence electrons. The van der Waals surface area contributed by atoms with Crippen molar-refractivity contribution >= 4 is 26.6 Å². The Morgan fingerprint density at radius 2 is 1.88 bits per heavy atom. The van der Waals surface area contributed by atoms with Crippen LogP contribution in [-0.4, -0.2) is 31.7 Å². The van der Waals surface area contributed by atoms with E-state index in [9.17, 15) is 18.5 Å². The molecule has 1 N–H and O–H groups in total. The molecule has 3 aromatic rings. The molecule has 0 aliphatic carbocycles. The van der Waals surface area contributed by atoms with Crippen molar-refractivity contribution in [3.8, 4) is 17.2 Å². The summed E-state index contributed by atoms with van der Waals surface area (Å²) in [5.74, 6) is -0.135. The number of nitrogens with one attached hydrogen (secondary N) is 1. The number of benzene rings is 2. The summed E-state index contributed by atoms with van der Waals surface area (Å²) >= 11 is 0. The maximum Gasteiger partial charge on any atom is 0.268 e. The zero-order valence-corrected chi connectivity index (χ0v) is 14.8. The number of nitriles is 1. The number of rotatable bonds is 2. The summed E-state index contributed by atoms with van der Waals surface area (Å²) in [5.41, 5.74) is 3.53. The van der Waals surface area contributed by atoms with Crippen LogP contribution in [0.5, 0.6) is 0 Å². The van der Waals surface area contributed by atoms with Gasteiger partial charge in [-0.3, -0.25) is 4.79 Å². The Bertz CT molecular complexity index is 1200. The smallest absolute Gasteiger partial charge is 0.268 e. The molecule has 4 rings (SSSR count). The molecule has 1 aliphatic heterocycles. The minimum absolute atomic E-state index is 0.135. The first kappa shape index (κ1) is 16.4. The number of hydrogen-bond donors (Lipinski definition) is 1. The van der Waals surface area contributed by atoms with Crippen molar-refractivity contribution in [1.82, 2.24) is 9.88 Å². The third-order valence-electron chi connectivity index (χ3n) is 4.57. The number of aromatic nitrogens is 1. The lowest BCUT2D eigenvalue weighted by atomic mass is 10.0.